The fourth-order valence-electron chi connectivity index (χ4n) is 6.07. The molecule has 9 heteroatoms. The van der Waals surface area contributed by atoms with E-state index in [1.54, 1.807) is 6.20 Å². The van der Waals surface area contributed by atoms with Crippen LogP contribution in [0.15, 0.2) is 36.7 Å². The first-order valence-corrected chi connectivity index (χ1v) is 13.5. The highest BCUT2D eigenvalue weighted by Gasteiger charge is 2.41. The first kappa shape index (κ1) is 24.3. The fourth-order valence-corrected chi connectivity index (χ4v) is 6.07. The van der Waals surface area contributed by atoms with Crippen molar-refractivity contribution >= 4 is 28.8 Å². The van der Waals surface area contributed by atoms with Gasteiger partial charge in [-0.3, -0.25) is 4.90 Å². The Morgan fingerprint density at radius 3 is 2.57 bits per heavy atom. The summed E-state index contributed by atoms with van der Waals surface area (Å²) in [6.45, 7) is 9.83. The van der Waals surface area contributed by atoms with Gasteiger partial charge in [0.15, 0.2) is 5.65 Å². The Kier molecular flexibility index (Phi) is 6.36. The molecule has 2 bridgehead atoms. The SMILES string of the molecule is CC(C)(C)OC(=O)N(c1ccc(CN2CCOCC2)cc1)c1ncc2cnn([C@H]3C[C@@H]4CC[C@H]3C4)c2n1. The number of aromatic nitrogens is 4. The summed E-state index contributed by atoms with van der Waals surface area (Å²) >= 11 is 0. The number of carbonyl (C=O) groups is 1. The van der Waals surface area contributed by atoms with E-state index in [-0.39, 0.29) is 0 Å². The molecule has 0 unspecified atom stereocenters. The lowest BCUT2D eigenvalue weighted by Crippen LogP contribution is -2.36. The van der Waals surface area contributed by atoms with Gasteiger partial charge < -0.3 is 9.47 Å². The molecule has 9 nitrogen and oxygen atoms in total. The zero-order chi connectivity index (χ0) is 25.6. The van der Waals surface area contributed by atoms with E-state index in [9.17, 15) is 4.79 Å². The molecule has 1 saturated heterocycles. The summed E-state index contributed by atoms with van der Waals surface area (Å²) < 4.78 is 13.3. The summed E-state index contributed by atoms with van der Waals surface area (Å²) in [5.74, 6) is 1.75. The number of rotatable bonds is 5. The summed E-state index contributed by atoms with van der Waals surface area (Å²) in [7, 11) is 0. The second-order valence-electron chi connectivity index (χ2n) is 11.7. The molecule has 1 amide bonds. The van der Waals surface area contributed by atoms with Crippen molar-refractivity contribution in [2.45, 2.75) is 64.6 Å². The normalized spacial score (nSPS) is 24.0. The molecule has 0 radical (unpaired) electrons. The largest absolute Gasteiger partial charge is 0.443 e. The number of hydrogen-bond acceptors (Lipinski definition) is 7. The van der Waals surface area contributed by atoms with Gasteiger partial charge in [0.2, 0.25) is 5.95 Å². The maximum Gasteiger partial charge on any atom is 0.421 e. The lowest BCUT2D eigenvalue weighted by Gasteiger charge is -2.28. The van der Waals surface area contributed by atoms with Crippen LogP contribution in [0.2, 0.25) is 0 Å². The first-order chi connectivity index (χ1) is 17.8. The Bertz CT molecular complexity index is 1260. The highest BCUT2D eigenvalue weighted by Crippen LogP contribution is 2.51. The average molecular weight is 505 g/mol. The summed E-state index contributed by atoms with van der Waals surface area (Å²) in [4.78, 5) is 26.8. The van der Waals surface area contributed by atoms with Crippen LogP contribution in [-0.2, 0) is 16.0 Å². The van der Waals surface area contributed by atoms with E-state index >= 15 is 0 Å². The van der Waals surface area contributed by atoms with Gasteiger partial charge in [0.25, 0.3) is 0 Å². The number of nitrogens with zero attached hydrogens (tertiary/aromatic N) is 6. The standard InChI is InChI=1S/C28H36N6O3/c1-28(2,3)37-27(35)33(23-8-5-19(6-9-23)18-32-10-12-36-13-11-32)26-29-16-22-17-30-34(25(22)31-26)24-15-20-4-7-21(24)14-20/h5-6,8-9,16-17,20-21,24H,4,7,10-15,18H2,1-3H3/t20-,21+,24+/m1/s1. The van der Waals surface area contributed by atoms with Gasteiger partial charge in [0, 0.05) is 25.8 Å². The smallest absolute Gasteiger partial charge is 0.421 e. The molecule has 2 aromatic heterocycles. The van der Waals surface area contributed by atoms with Crippen LogP contribution in [0.1, 0.15) is 58.1 Å². The van der Waals surface area contributed by atoms with E-state index in [2.05, 4.69) is 26.7 Å². The van der Waals surface area contributed by atoms with Crippen LogP contribution < -0.4 is 4.90 Å². The molecule has 3 heterocycles. The van der Waals surface area contributed by atoms with Crippen molar-refractivity contribution in [2.24, 2.45) is 11.8 Å². The molecule has 1 aromatic carbocycles. The minimum Gasteiger partial charge on any atom is -0.443 e. The van der Waals surface area contributed by atoms with Crippen LogP contribution >= 0.6 is 0 Å². The highest BCUT2D eigenvalue weighted by atomic mass is 16.6. The molecule has 196 valence electrons. The van der Waals surface area contributed by atoms with Crippen molar-refractivity contribution in [2.75, 3.05) is 31.2 Å². The van der Waals surface area contributed by atoms with E-state index in [4.69, 9.17) is 19.6 Å². The molecule has 0 N–H and O–H groups in total. The number of fused-ring (bicyclic) bond motifs is 3. The Morgan fingerprint density at radius 2 is 1.89 bits per heavy atom. The molecule has 3 aromatic rings. The molecule has 37 heavy (non-hydrogen) atoms. The second-order valence-corrected chi connectivity index (χ2v) is 11.7. The van der Waals surface area contributed by atoms with Crippen LogP contribution in [0, 0.1) is 11.8 Å². The third-order valence-corrected chi connectivity index (χ3v) is 7.82. The van der Waals surface area contributed by atoms with E-state index < -0.39 is 11.7 Å². The lowest BCUT2D eigenvalue weighted by atomic mass is 9.95. The van der Waals surface area contributed by atoms with Crippen LogP contribution in [0.3, 0.4) is 0 Å². The number of hydrogen-bond donors (Lipinski definition) is 0. The first-order valence-electron chi connectivity index (χ1n) is 13.5. The number of anilines is 2. The molecule has 1 aliphatic heterocycles. The Morgan fingerprint density at radius 1 is 1.11 bits per heavy atom. The predicted molar refractivity (Wildman–Crippen MR) is 141 cm³/mol. The van der Waals surface area contributed by atoms with Gasteiger partial charge in [0.05, 0.1) is 36.5 Å². The number of ether oxygens (including phenoxy) is 2. The number of morpholine rings is 1. The second kappa shape index (κ2) is 9.68. The van der Waals surface area contributed by atoms with E-state index in [1.165, 1.54) is 29.7 Å². The fraction of sp³-hybridized carbons (Fsp3) is 0.571. The van der Waals surface area contributed by atoms with Crippen molar-refractivity contribution in [1.29, 1.82) is 0 Å². The zero-order valence-corrected chi connectivity index (χ0v) is 22.0. The molecule has 3 aliphatic rings. The molecule has 0 spiro atoms. The maximum atomic E-state index is 13.5. The molecule has 2 saturated carbocycles. The van der Waals surface area contributed by atoms with E-state index in [0.29, 0.717) is 23.6 Å². The maximum absolute atomic E-state index is 13.5. The van der Waals surface area contributed by atoms with E-state index in [1.807, 2.05) is 39.1 Å². The van der Waals surface area contributed by atoms with Crippen molar-refractivity contribution in [1.82, 2.24) is 24.6 Å². The molecule has 3 fully saturated rings. The number of benzene rings is 1. The molecule has 2 aliphatic carbocycles. The van der Waals surface area contributed by atoms with Crippen LogP contribution in [0.25, 0.3) is 11.0 Å². The van der Waals surface area contributed by atoms with Crippen molar-refractivity contribution < 1.29 is 14.3 Å². The number of carbonyl (C=O) groups excluding carboxylic acids is 1. The Hall–Kier alpha value is -3.04. The van der Waals surface area contributed by atoms with Gasteiger partial charge in [-0.15, -0.1) is 0 Å². The molecule has 6 rings (SSSR count). The third-order valence-electron chi connectivity index (χ3n) is 7.82. The van der Waals surface area contributed by atoms with Gasteiger partial charge in [0.1, 0.15) is 5.60 Å². The van der Waals surface area contributed by atoms with Gasteiger partial charge in [-0.2, -0.15) is 10.1 Å². The van der Waals surface area contributed by atoms with Crippen LogP contribution in [0.4, 0.5) is 16.4 Å². The van der Waals surface area contributed by atoms with Crippen molar-refractivity contribution in [3.63, 3.8) is 0 Å². The zero-order valence-electron chi connectivity index (χ0n) is 22.0. The Labute approximate surface area is 217 Å². The molecular weight excluding hydrogens is 468 g/mol. The molecular formula is C28H36N6O3. The highest BCUT2D eigenvalue weighted by molar-refractivity contribution is 5.95. The topological polar surface area (TPSA) is 85.6 Å². The summed E-state index contributed by atoms with van der Waals surface area (Å²) in [5, 5.41) is 5.59. The minimum atomic E-state index is -0.652. The lowest BCUT2D eigenvalue weighted by molar-refractivity contribution is 0.0342. The summed E-state index contributed by atoms with van der Waals surface area (Å²) in [6.07, 6.45) is 8.12. The van der Waals surface area contributed by atoms with Gasteiger partial charge in [-0.1, -0.05) is 18.6 Å². The van der Waals surface area contributed by atoms with Crippen LogP contribution in [0.5, 0.6) is 0 Å². The predicted octanol–water partition coefficient (Wildman–Crippen LogP) is 5.09. The van der Waals surface area contributed by atoms with Crippen molar-refractivity contribution in [3.05, 3.63) is 42.2 Å². The summed E-state index contributed by atoms with van der Waals surface area (Å²) in [6, 6.07) is 8.37. The van der Waals surface area contributed by atoms with Gasteiger partial charge in [-0.05, 0) is 69.6 Å². The number of amides is 1. The van der Waals surface area contributed by atoms with Gasteiger partial charge in [-0.25, -0.2) is 19.4 Å². The third kappa shape index (κ3) is 5.07. The monoisotopic (exact) mass is 504 g/mol. The summed E-state index contributed by atoms with van der Waals surface area (Å²) in [5.41, 5.74) is 1.98. The molecule has 3 atom stereocenters. The quantitative estimate of drug-likeness (QED) is 0.478. The Balaban J connectivity index is 1.32. The van der Waals surface area contributed by atoms with E-state index in [0.717, 1.165) is 56.2 Å². The van der Waals surface area contributed by atoms with Crippen LogP contribution in [-0.4, -0.2) is 62.6 Å². The minimum absolute atomic E-state index is 0.299. The van der Waals surface area contributed by atoms with Crippen molar-refractivity contribution in [3.8, 4) is 0 Å². The van der Waals surface area contributed by atoms with Gasteiger partial charge >= 0.3 is 6.09 Å². The average Bonchev–Trinajstić information content (AvgIpc) is 3.60.